The minimum Gasteiger partial charge on any atom is -0.497 e. The fourth-order valence-electron chi connectivity index (χ4n) is 1.56. The summed E-state index contributed by atoms with van der Waals surface area (Å²) in [6, 6.07) is 8.70. The summed E-state index contributed by atoms with van der Waals surface area (Å²) < 4.78 is 5.02. The second-order valence-electron chi connectivity index (χ2n) is 3.35. The van der Waals surface area contributed by atoms with Crippen LogP contribution < -0.4 is 4.74 Å². The Morgan fingerprint density at radius 1 is 1.41 bits per heavy atom. The Balaban J connectivity index is 3.26. The molecule has 0 amide bonds. The highest BCUT2D eigenvalue weighted by Gasteiger charge is 2.14. The van der Waals surface area contributed by atoms with Crippen LogP contribution in [-0.4, -0.2) is 18.2 Å². The smallest absolute Gasteiger partial charge is 0.346 e. The van der Waals surface area contributed by atoms with Crippen molar-refractivity contribution in [2.45, 2.75) is 13.3 Å². The van der Waals surface area contributed by atoms with Gasteiger partial charge in [0.1, 0.15) is 17.4 Å². The Kier molecular flexibility index (Phi) is 4.29. The van der Waals surface area contributed by atoms with Gasteiger partial charge in [0, 0.05) is 0 Å². The highest BCUT2D eigenvalue weighted by molar-refractivity contribution is 6.00. The molecule has 0 saturated heterocycles. The molecule has 0 aliphatic rings. The van der Waals surface area contributed by atoms with Gasteiger partial charge in [0.25, 0.3) is 0 Å². The minimum absolute atomic E-state index is 0.210. The first-order chi connectivity index (χ1) is 8.13. The van der Waals surface area contributed by atoms with Crippen LogP contribution >= 0.6 is 0 Å². The molecule has 1 aromatic rings. The highest BCUT2D eigenvalue weighted by Crippen LogP contribution is 2.24. The number of allylic oxidation sites excluding steroid dienone is 1. The number of carboxylic acid groups (broad SMARTS) is 1. The number of ether oxygens (including phenoxy) is 1. The van der Waals surface area contributed by atoms with E-state index >= 15 is 0 Å². The van der Waals surface area contributed by atoms with Crippen LogP contribution in [0, 0.1) is 11.3 Å². The molecule has 0 atom stereocenters. The number of benzene rings is 1. The van der Waals surface area contributed by atoms with E-state index in [1.165, 1.54) is 0 Å². The van der Waals surface area contributed by atoms with Gasteiger partial charge < -0.3 is 9.84 Å². The average molecular weight is 231 g/mol. The van der Waals surface area contributed by atoms with Gasteiger partial charge in [0.15, 0.2) is 0 Å². The van der Waals surface area contributed by atoms with Crippen molar-refractivity contribution in [2.75, 3.05) is 7.11 Å². The van der Waals surface area contributed by atoms with Crippen molar-refractivity contribution in [1.29, 1.82) is 5.26 Å². The number of nitriles is 1. The van der Waals surface area contributed by atoms with Crippen molar-refractivity contribution in [3.8, 4) is 11.8 Å². The molecule has 0 saturated carbocycles. The zero-order chi connectivity index (χ0) is 12.8. The van der Waals surface area contributed by atoms with E-state index in [1.807, 2.05) is 6.92 Å². The molecule has 4 nitrogen and oxygen atoms in total. The van der Waals surface area contributed by atoms with E-state index in [2.05, 4.69) is 0 Å². The molecule has 0 spiro atoms. The lowest BCUT2D eigenvalue weighted by molar-refractivity contribution is -0.132. The third-order valence-corrected chi connectivity index (χ3v) is 2.42. The second kappa shape index (κ2) is 5.71. The maximum atomic E-state index is 10.9. The quantitative estimate of drug-likeness (QED) is 0.638. The maximum Gasteiger partial charge on any atom is 0.346 e. The SMILES string of the molecule is CCC(=C(C#N)C(=O)O)c1ccc(OC)cc1. The molecular formula is C13H13NO3. The molecular weight excluding hydrogens is 218 g/mol. The Morgan fingerprint density at radius 2 is 2.00 bits per heavy atom. The number of hydrogen-bond acceptors (Lipinski definition) is 3. The van der Waals surface area contributed by atoms with Crippen LogP contribution in [0.15, 0.2) is 29.8 Å². The van der Waals surface area contributed by atoms with Crippen LogP contribution in [0.2, 0.25) is 0 Å². The summed E-state index contributed by atoms with van der Waals surface area (Å²) in [5, 5.41) is 17.8. The summed E-state index contributed by atoms with van der Waals surface area (Å²) in [7, 11) is 1.56. The first kappa shape index (κ1) is 12.8. The summed E-state index contributed by atoms with van der Waals surface area (Å²) in [4.78, 5) is 10.9. The average Bonchev–Trinajstić information content (AvgIpc) is 2.35. The van der Waals surface area contributed by atoms with Gasteiger partial charge in [-0.2, -0.15) is 5.26 Å². The number of carboxylic acids is 1. The van der Waals surface area contributed by atoms with Crippen molar-refractivity contribution < 1.29 is 14.6 Å². The summed E-state index contributed by atoms with van der Waals surface area (Å²) in [6.07, 6.45) is 0.488. The number of rotatable bonds is 4. The van der Waals surface area contributed by atoms with E-state index in [1.54, 1.807) is 37.4 Å². The van der Waals surface area contributed by atoms with Gasteiger partial charge >= 0.3 is 5.97 Å². The van der Waals surface area contributed by atoms with Gasteiger partial charge in [-0.15, -0.1) is 0 Å². The first-order valence-corrected chi connectivity index (χ1v) is 5.15. The molecule has 0 heterocycles. The predicted molar refractivity (Wildman–Crippen MR) is 63.5 cm³/mol. The van der Waals surface area contributed by atoms with Crippen LogP contribution in [-0.2, 0) is 4.79 Å². The molecule has 17 heavy (non-hydrogen) atoms. The lowest BCUT2D eigenvalue weighted by Gasteiger charge is -2.07. The van der Waals surface area contributed by atoms with Gasteiger partial charge in [-0.3, -0.25) is 0 Å². The zero-order valence-corrected chi connectivity index (χ0v) is 9.73. The molecule has 0 aliphatic heterocycles. The van der Waals surface area contributed by atoms with Crippen molar-refractivity contribution >= 4 is 11.5 Å². The van der Waals surface area contributed by atoms with E-state index in [9.17, 15) is 4.79 Å². The van der Waals surface area contributed by atoms with Crippen molar-refractivity contribution in [3.05, 3.63) is 35.4 Å². The summed E-state index contributed by atoms with van der Waals surface area (Å²) in [6.45, 7) is 1.82. The molecule has 1 rings (SSSR count). The number of nitrogens with zero attached hydrogens (tertiary/aromatic N) is 1. The molecule has 0 aromatic heterocycles. The summed E-state index contributed by atoms with van der Waals surface area (Å²) >= 11 is 0. The van der Waals surface area contributed by atoms with E-state index < -0.39 is 5.97 Å². The van der Waals surface area contributed by atoms with Gasteiger partial charge in [-0.25, -0.2) is 4.79 Å². The standard InChI is InChI=1S/C13H13NO3/c1-3-11(12(8-14)13(15)16)9-4-6-10(17-2)7-5-9/h4-7H,3H2,1-2H3,(H,15,16). The zero-order valence-electron chi connectivity index (χ0n) is 9.73. The normalized spacial score (nSPS) is 11.4. The third-order valence-electron chi connectivity index (χ3n) is 2.42. The molecule has 1 aromatic carbocycles. The predicted octanol–water partition coefficient (Wildman–Crippen LogP) is 2.47. The fraction of sp³-hybridized carbons (Fsp3) is 0.231. The fourth-order valence-corrected chi connectivity index (χ4v) is 1.56. The van der Waals surface area contributed by atoms with E-state index in [0.717, 1.165) is 5.56 Å². The first-order valence-electron chi connectivity index (χ1n) is 5.15. The van der Waals surface area contributed by atoms with E-state index in [-0.39, 0.29) is 5.57 Å². The molecule has 0 unspecified atom stereocenters. The number of carbonyl (C=O) groups is 1. The largest absolute Gasteiger partial charge is 0.497 e. The molecule has 1 N–H and O–H groups in total. The highest BCUT2D eigenvalue weighted by atomic mass is 16.5. The number of methoxy groups -OCH3 is 1. The van der Waals surface area contributed by atoms with Crippen LogP contribution in [0.4, 0.5) is 0 Å². The Morgan fingerprint density at radius 3 is 2.35 bits per heavy atom. The molecule has 0 aliphatic carbocycles. The third kappa shape index (κ3) is 2.85. The monoisotopic (exact) mass is 231 g/mol. The van der Waals surface area contributed by atoms with E-state index in [0.29, 0.717) is 17.7 Å². The topological polar surface area (TPSA) is 70.3 Å². The van der Waals surface area contributed by atoms with Crippen LogP contribution in [0.3, 0.4) is 0 Å². The van der Waals surface area contributed by atoms with Crippen LogP contribution in [0.1, 0.15) is 18.9 Å². The molecule has 0 fully saturated rings. The van der Waals surface area contributed by atoms with Crippen LogP contribution in [0.25, 0.3) is 5.57 Å². The molecule has 4 heteroatoms. The van der Waals surface area contributed by atoms with Crippen molar-refractivity contribution in [3.63, 3.8) is 0 Å². The van der Waals surface area contributed by atoms with Crippen LogP contribution in [0.5, 0.6) is 5.75 Å². The second-order valence-corrected chi connectivity index (χ2v) is 3.35. The summed E-state index contributed by atoms with van der Waals surface area (Å²) in [5.74, 6) is -0.502. The summed E-state index contributed by atoms with van der Waals surface area (Å²) in [5.41, 5.74) is 1.05. The van der Waals surface area contributed by atoms with Gasteiger partial charge in [0.2, 0.25) is 0 Å². The lowest BCUT2D eigenvalue weighted by atomic mass is 9.98. The molecule has 88 valence electrons. The minimum atomic E-state index is -1.19. The van der Waals surface area contributed by atoms with E-state index in [4.69, 9.17) is 15.1 Å². The Bertz CT molecular complexity index is 480. The number of aliphatic carboxylic acids is 1. The Labute approximate surface area is 99.8 Å². The van der Waals surface area contributed by atoms with Crippen molar-refractivity contribution in [2.24, 2.45) is 0 Å². The van der Waals surface area contributed by atoms with Gasteiger partial charge in [-0.05, 0) is 29.7 Å². The van der Waals surface area contributed by atoms with Gasteiger partial charge in [-0.1, -0.05) is 19.1 Å². The lowest BCUT2D eigenvalue weighted by Crippen LogP contribution is -2.02. The van der Waals surface area contributed by atoms with Gasteiger partial charge in [0.05, 0.1) is 7.11 Å². The molecule has 0 radical (unpaired) electrons. The number of hydrogen-bond donors (Lipinski definition) is 1. The Hall–Kier alpha value is -2.28. The van der Waals surface area contributed by atoms with Crippen molar-refractivity contribution in [1.82, 2.24) is 0 Å². The molecule has 0 bridgehead atoms. The maximum absolute atomic E-state index is 10.9.